The second kappa shape index (κ2) is 6.89. The molecule has 2 fully saturated rings. The number of hydrogen-bond donors (Lipinski definition) is 1. The van der Waals surface area contributed by atoms with Crippen molar-refractivity contribution in [3.63, 3.8) is 0 Å². The monoisotopic (exact) mass is 319 g/mol. The molecule has 3 rings (SSSR count). The van der Waals surface area contributed by atoms with Gasteiger partial charge < -0.3 is 19.5 Å². The average Bonchev–Trinajstić information content (AvgIpc) is 2.55. The molecule has 126 valence electrons. The molecule has 1 N–H and O–H groups in total. The van der Waals surface area contributed by atoms with Crippen LogP contribution in [-0.2, 0) is 9.47 Å². The Morgan fingerprint density at radius 2 is 2.09 bits per heavy atom. The minimum Gasteiger partial charge on any atom is -0.497 e. The van der Waals surface area contributed by atoms with Crippen molar-refractivity contribution >= 4 is 5.91 Å². The third-order valence-corrected chi connectivity index (χ3v) is 4.91. The fourth-order valence-electron chi connectivity index (χ4n) is 3.52. The Hall–Kier alpha value is -1.59. The Bertz CT molecular complexity index is 561. The lowest BCUT2D eigenvalue weighted by Gasteiger charge is -2.43. The molecule has 0 radical (unpaired) electrons. The lowest BCUT2D eigenvalue weighted by molar-refractivity contribution is -0.139. The molecule has 2 heterocycles. The first-order valence-corrected chi connectivity index (χ1v) is 8.29. The van der Waals surface area contributed by atoms with Crippen molar-refractivity contribution in [1.29, 1.82) is 0 Å². The lowest BCUT2D eigenvalue weighted by atomic mass is 9.84. The van der Waals surface area contributed by atoms with Gasteiger partial charge in [0.05, 0.1) is 12.7 Å². The van der Waals surface area contributed by atoms with E-state index in [4.69, 9.17) is 14.2 Å². The van der Waals surface area contributed by atoms with E-state index < -0.39 is 0 Å². The van der Waals surface area contributed by atoms with Gasteiger partial charge in [-0.3, -0.25) is 4.79 Å². The summed E-state index contributed by atoms with van der Waals surface area (Å²) in [6, 6.07) is 5.70. The summed E-state index contributed by atoms with van der Waals surface area (Å²) in [5.41, 5.74) is 1.52. The molecular weight excluding hydrogens is 294 g/mol. The summed E-state index contributed by atoms with van der Waals surface area (Å²) in [6.45, 7) is 4.13. The van der Waals surface area contributed by atoms with Crippen LogP contribution in [0.2, 0.25) is 0 Å². The number of carbonyl (C=O) groups excluding carboxylic acids is 1. The van der Waals surface area contributed by atoms with Crippen molar-refractivity contribution in [2.75, 3.05) is 26.9 Å². The van der Waals surface area contributed by atoms with Crippen molar-refractivity contribution in [1.82, 2.24) is 5.32 Å². The first-order chi connectivity index (χ1) is 11.1. The van der Waals surface area contributed by atoms with Crippen molar-refractivity contribution in [2.45, 2.75) is 44.2 Å². The molecule has 2 aliphatic heterocycles. The van der Waals surface area contributed by atoms with Gasteiger partial charge in [0.1, 0.15) is 5.75 Å². The maximum Gasteiger partial charge on any atom is 0.251 e. The van der Waals surface area contributed by atoms with E-state index in [2.05, 4.69) is 5.32 Å². The van der Waals surface area contributed by atoms with Gasteiger partial charge in [-0.05, 0) is 56.4 Å². The summed E-state index contributed by atoms with van der Waals surface area (Å²) in [7, 11) is 1.63. The number of benzene rings is 1. The lowest BCUT2D eigenvalue weighted by Crippen LogP contribution is -2.51. The van der Waals surface area contributed by atoms with Crippen molar-refractivity contribution in [3.05, 3.63) is 29.3 Å². The highest BCUT2D eigenvalue weighted by Gasteiger charge is 2.39. The summed E-state index contributed by atoms with van der Waals surface area (Å²) >= 11 is 0. The highest BCUT2D eigenvalue weighted by molar-refractivity contribution is 5.96. The van der Waals surface area contributed by atoms with Crippen LogP contribution in [0.25, 0.3) is 0 Å². The molecule has 1 unspecified atom stereocenters. The third-order valence-electron chi connectivity index (χ3n) is 4.91. The van der Waals surface area contributed by atoms with Gasteiger partial charge in [-0.2, -0.15) is 0 Å². The highest BCUT2D eigenvalue weighted by Crippen LogP contribution is 2.34. The number of amides is 1. The number of carbonyl (C=O) groups is 1. The van der Waals surface area contributed by atoms with E-state index in [1.165, 1.54) is 0 Å². The zero-order valence-corrected chi connectivity index (χ0v) is 13.9. The highest BCUT2D eigenvalue weighted by atomic mass is 16.5. The minimum atomic E-state index is -0.108. The van der Waals surface area contributed by atoms with E-state index in [1.54, 1.807) is 7.11 Å². The number of methoxy groups -OCH3 is 1. The summed E-state index contributed by atoms with van der Waals surface area (Å²) in [6.07, 6.45) is 3.57. The maximum atomic E-state index is 12.6. The predicted octanol–water partition coefficient (Wildman–Crippen LogP) is 2.46. The second-order valence-corrected chi connectivity index (χ2v) is 6.49. The van der Waals surface area contributed by atoms with E-state index in [9.17, 15) is 4.79 Å². The van der Waals surface area contributed by atoms with Crippen molar-refractivity contribution in [2.24, 2.45) is 0 Å². The Morgan fingerprint density at radius 3 is 2.78 bits per heavy atom. The first kappa shape index (κ1) is 16.3. The largest absolute Gasteiger partial charge is 0.497 e. The second-order valence-electron chi connectivity index (χ2n) is 6.49. The molecule has 5 nitrogen and oxygen atoms in total. The van der Waals surface area contributed by atoms with Crippen LogP contribution in [0.1, 0.15) is 41.6 Å². The number of rotatable bonds is 3. The zero-order chi connectivity index (χ0) is 16.3. The van der Waals surface area contributed by atoms with Gasteiger partial charge in [-0.15, -0.1) is 0 Å². The normalized spacial score (nSPS) is 23.5. The van der Waals surface area contributed by atoms with Gasteiger partial charge in [0, 0.05) is 31.4 Å². The summed E-state index contributed by atoms with van der Waals surface area (Å²) < 4.78 is 16.7. The molecule has 1 aromatic carbocycles. The molecule has 1 atom stereocenters. The molecule has 0 bridgehead atoms. The summed E-state index contributed by atoms with van der Waals surface area (Å²) in [5, 5.41) is 3.18. The van der Waals surface area contributed by atoms with Gasteiger partial charge in [0.15, 0.2) is 0 Å². The molecule has 1 aromatic rings. The van der Waals surface area contributed by atoms with Crippen LogP contribution < -0.4 is 10.1 Å². The van der Waals surface area contributed by atoms with E-state index >= 15 is 0 Å². The van der Waals surface area contributed by atoms with Gasteiger partial charge in [-0.25, -0.2) is 0 Å². The molecule has 5 heteroatoms. The predicted molar refractivity (Wildman–Crippen MR) is 87.0 cm³/mol. The standard InChI is InChI=1S/C18H25NO4/c1-13-11-15(21-2)3-4-16(13)17(20)19-14-5-8-23-18(12-14)6-9-22-10-7-18/h3-4,11,14H,5-10,12H2,1-2H3,(H,19,20). The summed E-state index contributed by atoms with van der Waals surface area (Å²) in [4.78, 5) is 12.6. The van der Waals surface area contributed by atoms with Crippen LogP contribution in [0.3, 0.4) is 0 Å². The van der Waals surface area contributed by atoms with Crippen molar-refractivity contribution in [3.8, 4) is 5.75 Å². The minimum absolute atomic E-state index is 0.0146. The van der Waals surface area contributed by atoms with Crippen LogP contribution in [0.4, 0.5) is 0 Å². The third kappa shape index (κ3) is 3.67. The Morgan fingerprint density at radius 1 is 1.30 bits per heavy atom. The first-order valence-electron chi connectivity index (χ1n) is 8.29. The number of nitrogens with one attached hydrogen (secondary N) is 1. The van der Waals surface area contributed by atoms with E-state index in [0.29, 0.717) is 12.2 Å². The molecular formula is C18H25NO4. The molecule has 0 saturated carbocycles. The number of ether oxygens (including phenoxy) is 3. The molecule has 0 aromatic heterocycles. The fraction of sp³-hybridized carbons (Fsp3) is 0.611. The summed E-state index contributed by atoms with van der Waals surface area (Å²) in [5.74, 6) is 0.755. The van der Waals surface area contributed by atoms with Gasteiger partial charge in [-0.1, -0.05) is 0 Å². The van der Waals surface area contributed by atoms with Crippen LogP contribution in [-0.4, -0.2) is 44.5 Å². The van der Waals surface area contributed by atoms with Crippen LogP contribution >= 0.6 is 0 Å². The van der Waals surface area contributed by atoms with Crippen LogP contribution in [0.15, 0.2) is 18.2 Å². The van der Waals surface area contributed by atoms with E-state index in [-0.39, 0.29) is 17.6 Å². The van der Waals surface area contributed by atoms with E-state index in [1.807, 2.05) is 25.1 Å². The van der Waals surface area contributed by atoms with Crippen molar-refractivity contribution < 1.29 is 19.0 Å². The molecule has 23 heavy (non-hydrogen) atoms. The molecule has 2 aliphatic rings. The average molecular weight is 319 g/mol. The molecule has 1 amide bonds. The van der Waals surface area contributed by atoms with Gasteiger partial charge >= 0.3 is 0 Å². The van der Waals surface area contributed by atoms with Gasteiger partial charge in [0.2, 0.25) is 0 Å². The topological polar surface area (TPSA) is 56.8 Å². The number of hydrogen-bond acceptors (Lipinski definition) is 4. The SMILES string of the molecule is COc1ccc(C(=O)NC2CCOC3(CCOCC3)C2)c(C)c1. The zero-order valence-electron chi connectivity index (χ0n) is 13.9. The fourth-order valence-corrected chi connectivity index (χ4v) is 3.52. The quantitative estimate of drug-likeness (QED) is 0.930. The maximum absolute atomic E-state index is 12.6. The van der Waals surface area contributed by atoms with Crippen LogP contribution in [0.5, 0.6) is 5.75 Å². The Labute approximate surface area is 137 Å². The Kier molecular flexibility index (Phi) is 4.87. The Balaban J connectivity index is 1.65. The van der Waals surface area contributed by atoms with Gasteiger partial charge in [0.25, 0.3) is 5.91 Å². The smallest absolute Gasteiger partial charge is 0.251 e. The molecule has 2 saturated heterocycles. The number of aryl methyl sites for hydroxylation is 1. The van der Waals surface area contributed by atoms with E-state index in [0.717, 1.165) is 50.2 Å². The molecule has 1 spiro atoms. The molecule has 0 aliphatic carbocycles. The van der Waals surface area contributed by atoms with Crippen LogP contribution in [0, 0.1) is 6.92 Å².